The zero-order chi connectivity index (χ0) is 22.2. The van der Waals surface area contributed by atoms with E-state index in [4.69, 9.17) is 0 Å². The number of benzene rings is 2. The van der Waals surface area contributed by atoms with Crippen molar-refractivity contribution in [2.24, 2.45) is 0 Å². The van der Waals surface area contributed by atoms with Crippen LogP contribution >= 0.6 is 0 Å². The molecule has 2 N–H and O–H groups in total. The van der Waals surface area contributed by atoms with E-state index in [1.807, 2.05) is 54.6 Å². The Bertz CT molecular complexity index is 1260. The molecule has 0 saturated heterocycles. The molecule has 0 aliphatic rings. The molecule has 0 aliphatic heterocycles. The van der Waals surface area contributed by atoms with E-state index in [2.05, 4.69) is 56.5 Å². The number of hydrogen-bond donors (Lipinski definition) is 2. The molecular formula is C26H21N5O. The fourth-order valence-electron chi connectivity index (χ4n) is 3.10. The molecule has 6 nitrogen and oxygen atoms in total. The summed E-state index contributed by atoms with van der Waals surface area (Å²) in [4.78, 5) is 25.2. The number of rotatable bonds is 5. The first-order valence-electron chi connectivity index (χ1n) is 10.1. The molecule has 6 heteroatoms. The van der Waals surface area contributed by atoms with Gasteiger partial charge in [0.05, 0.1) is 23.8 Å². The lowest BCUT2D eigenvalue weighted by Crippen LogP contribution is -2.10. The second-order valence-electron chi connectivity index (χ2n) is 7.10. The molecule has 0 fully saturated rings. The molecule has 0 unspecified atom stereocenters. The zero-order valence-corrected chi connectivity index (χ0v) is 17.5. The number of amides is 1. The topological polar surface area (TPSA) is 79.8 Å². The van der Waals surface area contributed by atoms with Crippen LogP contribution in [0.4, 0.5) is 11.5 Å². The SMILES string of the molecule is C[C@H](Nc1cncc(-c2cncc(NC(=O)C#Cc3ccccc3)n2)c1)c1ccccc1. The second-order valence-corrected chi connectivity index (χ2v) is 7.10. The van der Waals surface area contributed by atoms with Crippen molar-refractivity contribution in [2.45, 2.75) is 13.0 Å². The standard InChI is InChI=1S/C26H21N5O/c1-19(21-10-6-3-7-11-21)29-23-14-22(15-27-16-23)24-17-28-18-25(30-24)31-26(32)13-12-20-8-4-2-5-9-20/h2-11,14-19,29H,1H3,(H,30,31,32)/t19-/m0/s1. The van der Waals surface area contributed by atoms with Crippen LogP contribution in [-0.4, -0.2) is 20.9 Å². The summed E-state index contributed by atoms with van der Waals surface area (Å²) in [6.07, 6.45) is 6.59. The highest BCUT2D eigenvalue weighted by atomic mass is 16.1. The first-order chi connectivity index (χ1) is 15.7. The minimum Gasteiger partial charge on any atom is -0.377 e. The lowest BCUT2D eigenvalue weighted by Gasteiger charge is -2.16. The van der Waals surface area contributed by atoms with Crippen molar-refractivity contribution in [3.63, 3.8) is 0 Å². The predicted molar refractivity (Wildman–Crippen MR) is 126 cm³/mol. The maximum Gasteiger partial charge on any atom is 0.301 e. The van der Waals surface area contributed by atoms with Crippen LogP contribution in [0, 0.1) is 11.8 Å². The number of aromatic nitrogens is 3. The van der Waals surface area contributed by atoms with Crippen LogP contribution in [-0.2, 0) is 4.79 Å². The number of anilines is 2. The molecule has 0 saturated carbocycles. The molecule has 32 heavy (non-hydrogen) atoms. The highest BCUT2D eigenvalue weighted by Gasteiger charge is 2.08. The number of carbonyl (C=O) groups excluding carboxylic acids is 1. The number of nitrogens with one attached hydrogen (secondary N) is 2. The Morgan fingerprint density at radius 1 is 0.906 bits per heavy atom. The number of pyridine rings is 1. The Hall–Kier alpha value is -4.50. The van der Waals surface area contributed by atoms with Gasteiger partial charge in [-0.3, -0.25) is 20.1 Å². The Kier molecular flexibility index (Phi) is 6.49. The molecule has 4 rings (SSSR count). The molecule has 2 aromatic carbocycles. The van der Waals surface area contributed by atoms with Gasteiger partial charge in [-0.25, -0.2) is 4.98 Å². The van der Waals surface area contributed by atoms with E-state index < -0.39 is 5.91 Å². The van der Waals surface area contributed by atoms with Gasteiger partial charge in [0.1, 0.15) is 0 Å². The molecule has 156 valence electrons. The Labute approximate surface area is 186 Å². The fourth-order valence-corrected chi connectivity index (χ4v) is 3.10. The Morgan fingerprint density at radius 3 is 2.41 bits per heavy atom. The van der Waals surface area contributed by atoms with E-state index >= 15 is 0 Å². The molecule has 0 aliphatic carbocycles. The zero-order valence-electron chi connectivity index (χ0n) is 17.5. The summed E-state index contributed by atoms with van der Waals surface area (Å²) in [6.45, 7) is 2.09. The lowest BCUT2D eigenvalue weighted by atomic mass is 10.1. The van der Waals surface area contributed by atoms with Gasteiger partial charge < -0.3 is 5.32 Å². The maximum atomic E-state index is 12.2. The first kappa shape index (κ1) is 20.8. The number of carbonyl (C=O) groups is 1. The first-order valence-corrected chi connectivity index (χ1v) is 10.1. The van der Waals surface area contributed by atoms with Crippen molar-refractivity contribution in [1.82, 2.24) is 15.0 Å². The van der Waals surface area contributed by atoms with Crippen LogP contribution in [0.25, 0.3) is 11.3 Å². The molecule has 2 heterocycles. The van der Waals surface area contributed by atoms with Gasteiger partial charge in [-0.1, -0.05) is 54.5 Å². The predicted octanol–water partition coefficient (Wildman–Crippen LogP) is 4.70. The minimum absolute atomic E-state index is 0.119. The van der Waals surface area contributed by atoms with Gasteiger partial charge >= 0.3 is 5.91 Å². The van der Waals surface area contributed by atoms with Gasteiger partial charge in [-0.2, -0.15) is 0 Å². The van der Waals surface area contributed by atoms with Crippen molar-refractivity contribution >= 4 is 17.4 Å². The molecule has 4 aromatic rings. The van der Waals surface area contributed by atoms with E-state index in [0.29, 0.717) is 11.5 Å². The van der Waals surface area contributed by atoms with Gasteiger partial charge in [0, 0.05) is 35.5 Å². The van der Waals surface area contributed by atoms with Gasteiger partial charge in [0.15, 0.2) is 5.82 Å². The maximum absolute atomic E-state index is 12.2. The van der Waals surface area contributed by atoms with Gasteiger partial charge in [0.25, 0.3) is 0 Å². The average molecular weight is 419 g/mol. The van der Waals surface area contributed by atoms with Gasteiger partial charge in [-0.15, -0.1) is 0 Å². The summed E-state index contributed by atoms with van der Waals surface area (Å²) in [6, 6.07) is 21.6. The molecule has 1 amide bonds. The summed E-state index contributed by atoms with van der Waals surface area (Å²) in [7, 11) is 0. The van der Waals surface area contributed by atoms with Crippen LogP contribution < -0.4 is 10.6 Å². The third-order valence-electron chi connectivity index (χ3n) is 4.69. The largest absolute Gasteiger partial charge is 0.377 e. The minimum atomic E-state index is -0.453. The van der Waals surface area contributed by atoms with Crippen LogP contribution in [0.3, 0.4) is 0 Å². The lowest BCUT2D eigenvalue weighted by molar-refractivity contribution is -0.111. The van der Waals surface area contributed by atoms with Crippen molar-refractivity contribution in [3.8, 4) is 23.1 Å². The molecule has 0 spiro atoms. The van der Waals surface area contributed by atoms with Crippen LogP contribution in [0.1, 0.15) is 24.1 Å². The van der Waals surface area contributed by atoms with E-state index in [9.17, 15) is 4.79 Å². The molecular weight excluding hydrogens is 398 g/mol. The van der Waals surface area contributed by atoms with E-state index in [-0.39, 0.29) is 6.04 Å². The van der Waals surface area contributed by atoms with Crippen LogP contribution in [0.2, 0.25) is 0 Å². The molecule has 1 atom stereocenters. The normalized spacial score (nSPS) is 11.0. The molecule has 2 aromatic heterocycles. The van der Waals surface area contributed by atoms with Gasteiger partial charge in [-0.05, 0) is 30.7 Å². The third kappa shape index (κ3) is 5.55. The smallest absolute Gasteiger partial charge is 0.301 e. The summed E-state index contributed by atoms with van der Waals surface area (Å²) >= 11 is 0. The van der Waals surface area contributed by atoms with Gasteiger partial charge in [0.2, 0.25) is 0 Å². The average Bonchev–Trinajstić information content (AvgIpc) is 2.84. The molecule has 0 radical (unpaired) electrons. The highest BCUT2D eigenvalue weighted by Crippen LogP contribution is 2.23. The van der Waals surface area contributed by atoms with Crippen LogP contribution in [0.5, 0.6) is 0 Å². The van der Waals surface area contributed by atoms with Crippen molar-refractivity contribution < 1.29 is 4.79 Å². The quantitative estimate of drug-likeness (QED) is 0.458. The molecule has 0 bridgehead atoms. The van der Waals surface area contributed by atoms with Crippen molar-refractivity contribution in [2.75, 3.05) is 10.6 Å². The second kappa shape index (κ2) is 10.0. The number of nitrogens with zero attached hydrogens (tertiary/aromatic N) is 3. The van der Waals surface area contributed by atoms with Crippen LogP contribution in [0.15, 0.2) is 91.5 Å². The Balaban J connectivity index is 1.47. The van der Waals surface area contributed by atoms with Crippen molar-refractivity contribution in [3.05, 3.63) is 103 Å². The fraction of sp³-hybridized carbons (Fsp3) is 0.0769. The summed E-state index contributed by atoms with van der Waals surface area (Å²) in [5.74, 6) is 5.26. The highest BCUT2D eigenvalue weighted by molar-refractivity contribution is 6.03. The van der Waals surface area contributed by atoms with E-state index in [1.54, 1.807) is 18.6 Å². The third-order valence-corrected chi connectivity index (χ3v) is 4.69. The summed E-state index contributed by atoms with van der Waals surface area (Å²) in [5, 5.41) is 6.12. The van der Waals surface area contributed by atoms with Crippen molar-refractivity contribution in [1.29, 1.82) is 0 Å². The van der Waals surface area contributed by atoms with E-state index in [1.165, 1.54) is 11.8 Å². The Morgan fingerprint density at radius 2 is 1.62 bits per heavy atom. The summed E-state index contributed by atoms with van der Waals surface area (Å²) < 4.78 is 0. The van der Waals surface area contributed by atoms with E-state index in [0.717, 1.165) is 16.8 Å². The number of hydrogen-bond acceptors (Lipinski definition) is 5. The monoisotopic (exact) mass is 419 g/mol. The summed E-state index contributed by atoms with van der Waals surface area (Å²) in [5.41, 5.74) is 4.20.